The third-order valence-electron chi connectivity index (χ3n) is 3.87. The van der Waals surface area contributed by atoms with Gasteiger partial charge in [0, 0.05) is 11.9 Å². The summed E-state index contributed by atoms with van der Waals surface area (Å²) in [5.74, 6) is 0.0911. The fourth-order valence-corrected chi connectivity index (χ4v) is 3.62. The average molecular weight is 298 g/mol. The number of aromatic amines is 1. The summed E-state index contributed by atoms with van der Waals surface area (Å²) in [4.78, 5) is 14.4. The molecule has 1 aliphatic heterocycles. The van der Waals surface area contributed by atoms with Crippen molar-refractivity contribution in [3.8, 4) is 0 Å². The minimum Gasteiger partial charge on any atom is -0.309 e. The molecule has 0 fully saturated rings. The van der Waals surface area contributed by atoms with Gasteiger partial charge in [-0.3, -0.25) is 9.89 Å². The molecule has 0 atom stereocenters. The summed E-state index contributed by atoms with van der Waals surface area (Å²) in [5, 5.41) is 8.11. The van der Waals surface area contributed by atoms with Gasteiger partial charge in [0.05, 0.1) is 34.4 Å². The van der Waals surface area contributed by atoms with Gasteiger partial charge in [-0.1, -0.05) is 18.2 Å². The number of anilines is 1. The molecular formula is C15H14N4OS. The number of nitrogens with zero attached hydrogens (tertiary/aromatic N) is 3. The maximum atomic E-state index is 12.6. The third kappa shape index (κ3) is 2.12. The SMILES string of the molecule is O=C(Cc1nsc2ccccc12)N1CCCc2[nH]ncc21. The lowest BCUT2D eigenvalue weighted by atomic mass is 10.1. The van der Waals surface area contributed by atoms with E-state index in [-0.39, 0.29) is 5.91 Å². The van der Waals surface area contributed by atoms with Crippen LogP contribution in [-0.2, 0) is 17.6 Å². The number of aryl methyl sites for hydroxylation is 1. The monoisotopic (exact) mass is 298 g/mol. The maximum absolute atomic E-state index is 12.6. The molecule has 1 aromatic carbocycles. The number of aromatic nitrogens is 3. The van der Waals surface area contributed by atoms with Gasteiger partial charge in [0.15, 0.2) is 0 Å². The van der Waals surface area contributed by atoms with Crippen LogP contribution in [0.15, 0.2) is 30.5 Å². The Bertz CT molecular complexity index is 807. The number of benzene rings is 1. The summed E-state index contributed by atoms with van der Waals surface area (Å²) in [6.45, 7) is 0.757. The standard InChI is InChI=1S/C15H14N4OS/c20-15(19-7-3-5-11-13(19)9-16-17-11)8-12-10-4-1-2-6-14(10)21-18-12/h1-2,4,6,9H,3,5,7-8H2,(H,16,17). The summed E-state index contributed by atoms with van der Waals surface area (Å²) >= 11 is 1.45. The lowest BCUT2D eigenvalue weighted by Gasteiger charge is -2.26. The van der Waals surface area contributed by atoms with Crippen LogP contribution in [0.25, 0.3) is 10.1 Å². The number of nitrogens with one attached hydrogen (secondary N) is 1. The van der Waals surface area contributed by atoms with Crippen molar-refractivity contribution < 1.29 is 4.79 Å². The van der Waals surface area contributed by atoms with Gasteiger partial charge in [-0.2, -0.15) is 9.47 Å². The quantitative estimate of drug-likeness (QED) is 0.791. The first-order valence-corrected chi connectivity index (χ1v) is 7.76. The van der Waals surface area contributed by atoms with Crippen LogP contribution in [0.5, 0.6) is 0 Å². The summed E-state index contributed by atoms with van der Waals surface area (Å²) in [6, 6.07) is 8.05. The lowest BCUT2D eigenvalue weighted by molar-refractivity contribution is -0.118. The molecule has 0 unspecified atom stereocenters. The van der Waals surface area contributed by atoms with Crippen molar-refractivity contribution >= 4 is 33.2 Å². The zero-order valence-electron chi connectivity index (χ0n) is 11.4. The molecule has 0 aliphatic carbocycles. The molecule has 106 valence electrons. The Kier molecular flexibility index (Phi) is 2.96. The van der Waals surface area contributed by atoms with Crippen LogP contribution in [0.1, 0.15) is 17.8 Å². The minimum absolute atomic E-state index is 0.0911. The third-order valence-corrected chi connectivity index (χ3v) is 4.73. The van der Waals surface area contributed by atoms with Gasteiger partial charge in [-0.05, 0) is 30.4 Å². The number of carbonyl (C=O) groups excluding carboxylic acids is 1. The Morgan fingerprint density at radius 1 is 1.38 bits per heavy atom. The molecule has 0 saturated heterocycles. The Morgan fingerprint density at radius 2 is 2.29 bits per heavy atom. The van der Waals surface area contributed by atoms with Gasteiger partial charge in [0.25, 0.3) is 0 Å². The van der Waals surface area contributed by atoms with Crippen molar-refractivity contribution in [2.24, 2.45) is 0 Å². The van der Waals surface area contributed by atoms with E-state index < -0.39 is 0 Å². The van der Waals surface area contributed by atoms with Gasteiger partial charge >= 0.3 is 0 Å². The highest BCUT2D eigenvalue weighted by molar-refractivity contribution is 7.13. The van der Waals surface area contributed by atoms with Gasteiger partial charge in [0.2, 0.25) is 5.91 Å². The molecule has 3 aromatic rings. The molecule has 0 bridgehead atoms. The summed E-state index contributed by atoms with van der Waals surface area (Å²) in [6.07, 6.45) is 4.01. The maximum Gasteiger partial charge on any atom is 0.233 e. The van der Waals surface area contributed by atoms with Crippen molar-refractivity contribution in [3.05, 3.63) is 41.9 Å². The van der Waals surface area contributed by atoms with Crippen molar-refractivity contribution in [1.29, 1.82) is 0 Å². The molecule has 5 nitrogen and oxygen atoms in total. The first kappa shape index (κ1) is 12.5. The highest BCUT2D eigenvalue weighted by Gasteiger charge is 2.25. The average Bonchev–Trinajstić information content (AvgIpc) is 3.14. The van der Waals surface area contributed by atoms with E-state index >= 15 is 0 Å². The van der Waals surface area contributed by atoms with E-state index in [0.29, 0.717) is 6.42 Å². The topological polar surface area (TPSA) is 61.9 Å². The minimum atomic E-state index is 0.0911. The second-order valence-corrected chi connectivity index (χ2v) is 5.99. The molecule has 0 saturated carbocycles. The van der Waals surface area contributed by atoms with E-state index in [1.807, 2.05) is 29.2 Å². The molecule has 1 amide bonds. The molecule has 0 spiro atoms. The molecule has 21 heavy (non-hydrogen) atoms. The zero-order chi connectivity index (χ0) is 14.2. The molecule has 6 heteroatoms. The molecule has 1 aliphatic rings. The largest absolute Gasteiger partial charge is 0.309 e. The number of carbonyl (C=O) groups is 1. The summed E-state index contributed by atoms with van der Waals surface area (Å²) in [7, 11) is 0. The molecule has 4 rings (SSSR count). The summed E-state index contributed by atoms with van der Waals surface area (Å²) in [5.41, 5.74) is 2.85. The van der Waals surface area contributed by atoms with Crippen LogP contribution in [0, 0.1) is 0 Å². The normalized spacial score (nSPS) is 14.4. The van der Waals surface area contributed by atoms with Crippen LogP contribution in [-0.4, -0.2) is 27.0 Å². The van der Waals surface area contributed by atoms with Crippen molar-refractivity contribution in [3.63, 3.8) is 0 Å². The molecule has 1 N–H and O–H groups in total. The second kappa shape index (κ2) is 4.96. The van der Waals surface area contributed by atoms with Crippen LogP contribution < -0.4 is 4.90 Å². The van der Waals surface area contributed by atoms with Crippen LogP contribution in [0.2, 0.25) is 0 Å². The number of hydrogen-bond donors (Lipinski definition) is 1. The van der Waals surface area contributed by atoms with E-state index in [1.54, 1.807) is 6.20 Å². The van der Waals surface area contributed by atoms with E-state index in [0.717, 1.165) is 46.5 Å². The number of fused-ring (bicyclic) bond motifs is 2. The zero-order valence-corrected chi connectivity index (χ0v) is 12.2. The van der Waals surface area contributed by atoms with E-state index in [2.05, 4.69) is 14.6 Å². The lowest BCUT2D eigenvalue weighted by Crippen LogP contribution is -2.36. The summed E-state index contributed by atoms with van der Waals surface area (Å²) < 4.78 is 5.57. The first-order chi connectivity index (χ1) is 10.3. The fraction of sp³-hybridized carbons (Fsp3) is 0.267. The van der Waals surface area contributed by atoms with Crippen LogP contribution in [0.3, 0.4) is 0 Å². The number of hydrogen-bond acceptors (Lipinski definition) is 4. The van der Waals surface area contributed by atoms with E-state index in [9.17, 15) is 4.79 Å². The number of amides is 1. The number of rotatable bonds is 2. The Labute approximate surface area is 125 Å². The van der Waals surface area contributed by atoms with E-state index in [4.69, 9.17) is 0 Å². The van der Waals surface area contributed by atoms with Crippen molar-refractivity contribution in [2.45, 2.75) is 19.3 Å². The van der Waals surface area contributed by atoms with E-state index in [1.165, 1.54) is 11.5 Å². The fourth-order valence-electron chi connectivity index (χ4n) is 2.82. The molecule has 3 heterocycles. The van der Waals surface area contributed by atoms with Crippen LogP contribution in [0.4, 0.5) is 5.69 Å². The highest BCUT2D eigenvalue weighted by atomic mass is 32.1. The van der Waals surface area contributed by atoms with Gasteiger partial charge in [0.1, 0.15) is 0 Å². The van der Waals surface area contributed by atoms with Gasteiger partial charge < -0.3 is 4.90 Å². The van der Waals surface area contributed by atoms with Gasteiger partial charge in [-0.25, -0.2) is 0 Å². The molecular weight excluding hydrogens is 284 g/mol. The van der Waals surface area contributed by atoms with Gasteiger partial charge in [-0.15, -0.1) is 0 Å². The number of H-pyrrole nitrogens is 1. The first-order valence-electron chi connectivity index (χ1n) is 6.99. The van der Waals surface area contributed by atoms with Crippen molar-refractivity contribution in [2.75, 3.05) is 11.4 Å². The van der Waals surface area contributed by atoms with Crippen LogP contribution >= 0.6 is 11.5 Å². The molecule has 0 radical (unpaired) electrons. The predicted molar refractivity (Wildman–Crippen MR) is 82.6 cm³/mol. The van der Waals surface area contributed by atoms with Crippen molar-refractivity contribution in [1.82, 2.24) is 14.6 Å². The Hall–Kier alpha value is -2.21. The Morgan fingerprint density at radius 3 is 3.24 bits per heavy atom. The highest BCUT2D eigenvalue weighted by Crippen LogP contribution is 2.27. The Balaban J connectivity index is 1.62. The smallest absolute Gasteiger partial charge is 0.233 e. The second-order valence-electron chi connectivity index (χ2n) is 5.18. The molecule has 2 aromatic heterocycles. The predicted octanol–water partition coefficient (Wildman–Crippen LogP) is 2.54.